The number of pyridine rings is 1. The van der Waals surface area contributed by atoms with E-state index in [1.807, 2.05) is 80.6 Å². The second-order valence-corrected chi connectivity index (χ2v) is 7.80. The third-order valence-electron chi connectivity index (χ3n) is 5.60. The average Bonchev–Trinajstić information content (AvgIpc) is 2.84. The number of fused-ring (bicyclic) bond motifs is 2. The Morgan fingerprint density at radius 2 is 0.906 bits per heavy atom. The summed E-state index contributed by atoms with van der Waals surface area (Å²) in [5.74, 6) is 0. The van der Waals surface area contributed by atoms with Crippen molar-refractivity contribution in [3.05, 3.63) is 115 Å². The van der Waals surface area contributed by atoms with Gasteiger partial charge in [-0.1, -0.05) is 78.9 Å². The van der Waals surface area contributed by atoms with Crippen molar-refractivity contribution < 1.29 is 0 Å². The van der Waals surface area contributed by atoms with Crippen molar-refractivity contribution in [3.8, 4) is 0 Å². The van der Waals surface area contributed by atoms with Crippen LogP contribution in [0.3, 0.4) is 0 Å². The highest BCUT2D eigenvalue weighted by Crippen LogP contribution is 2.27. The molecule has 0 unspecified atom stereocenters. The second kappa shape index (κ2) is 8.56. The Kier molecular flexibility index (Phi) is 5.30. The molecule has 0 spiro atoms. The van der Waals surface area contributed by atoms with Crippen molar-refractivity contribution in [1.82, 2.24) is 4.98 Å². The van der Waals surface area contributed by atoms with E-state index in [1.165, 1.54) is 10.8 Å². The number of aliphatic imine (C=N–C) groups is 2. The molecule has 0 bridgehead atoms. The third-order valence-corrected chi connectivity index (χ3v) is 5.60. The van der Waals surface area contributed by atoms with Crippen molar-refractivity contribution in [2.45, 2.75) is 13.8 Å². The summed E-state index contributed by atoms with van der Waals surface area (Å²) in [6.07, 6.45) is 0. The molecule has 0 aliphatic heterocycles. The van der Waals surface area contributed by atoms with E-state index >= 15 is 0 Å². The molecule has 0 radical (unpaired) electrons. The lowest BCUT2D eigenvalue weighted by atomic mass is 10.1. The Bertz CT molecular complexity index is 1370. The molecule has 0 N–H and O–H groups in total. The van der Waals surface area contributed by atoms with Gasteiger partial charge in [-0.3, -0.25) is 9.98 Å². The van der Waals surface area contributed by atoms with Gasteiger partial charge in [-0.05, 0) is 48.9 Å². The minimum atomic E-state index is 0.850. The first-order valence-electron chi connectivity index (χ1n) is 10.7. The smallest absolute Gasteiger partial charge is 0.0849 e. The minimum Gasteiger partial charge on any atom is -0.251 e. The van der Waals surface area contributed by atoms with Crippen molar-refractivity contribution in [3.63, 3.8) is 0 Å². The number of hydrogen-bond donors (Lipinski definition) is 0. The summed E-state index contributed by atoms with van der Waals surface area (Å²) >= 11 is 0. The summed E-state index contributed by atoms with van der Waals surface area (Å²) in [7, 11) is 0. The summed E-state index contributed by atoms with van der Waals surface area (Å²) in [6, 6.07) is 35.0. The average molecular weight is 414 g/mol. The SMILES string of the molecule is C/C(=N\c1cccc2ccccc12)c1cccc(/C(C)=N/c2cccc3ccccc23)n1. The summed E-state index contributed by atoms with van der Waals surface area (Å²) in [5.41, 5.74) is 5.36. The zero-order chi connectivity index (χ0) is 21.9. The molecule has 0 aliphatic rings. The predicted octanol–water partition coefficient (Wildman–Crippen LogP) is 7.67. The van der Waals surface area contributed by atoms with Crippen LogP contribution < -0.4 is 0 Å². The molecular formula is C29H23N3. The fourth-order valence-electron chi connectivity index (χ4n) is 3.93. The maximum absolute atomic E-state index is 4.90. The van der Waals surface area contributed by atoms with Gasteiger partial charge in [0.25, 0.3) is 0 Å². The number of hydrogen-bond acceptors (Lipinski definition) is 3. The van der Waals surface area contributed by atoms with Gasteiger partial charge >= 0.3 is 0 Å². The lowest BCUT2D eigenvalue weighted by Crippen LogP contribution is -2.05. The van der Waals surface area contributed by atoms with Gasteiger partial charge < -0.3 is 0 Å². The van der Waals surface area contributed by atoms with Crippen LogP contribution in [0.5, 0.6) is 0 Å². The quantitative estimate of drug-likeness (QED) is 0.279. The van der Waals surface area contributed by atoms with Crippen molar-refractivity contribution in [2.24, 2.45) is 9.98 Å². The molecule has 0 atom stereocenters. The first-order chi connectivity index (χ1) is 15.7. The van der Waals surface area contributed by atoms with Crippen LogP contribution >= 0.6 is 0 Å². The van der Waals surface area contributed by atoms with Crippen LogP contribution in [0, 0.1) is 0 Å². The number of rotatable bonds is 4. The monoisotopic (exact) mass is 413 g/mol. The van der Waals surface area contributed by atoms with Gasteiger partial charge in [-0.15, -0.1) is 0 Å². The Morgan fingerprint density at radius 3 is 1.41 bits per heavy atom. The molecule has 5 rings (SSSR count). The molecule has 32 heavy (non-hydrogen) atoms. The summed E-state index contributed by atoms with van der Waals surface area (Å²) in [5, 5.41) is 4.64. The zero-order valence-corrected chi connectivity index (χ0v) is 18.2. The molecule has 3 heteroatoms. The topological polar surface area (TPSA) is 37.6 Å². The standard InChI is InChI=1S/C29H23N3/c1-20(30-28-18-7-12-22-10-3-5-14-24(22)28)26-16-9-17-27(32-26)21(2)31-29-19-8-13-23-11-4-6-15-25(23)29/h3-19H,1-2H3/b30-20+,31-21+. The van der Waals surface area contributed by atoms with Gasteiger partial charge in [-0.2, -0.15) is 0 Å². The van der Waals surface area contributed by atoms with Crippen LogP contribution in [0.2, 0.25) is 0 Å². The fourth-order valence-corrected chi connectivity index (χ4v) is 3.93. The highest BCUT2D eigenvalue weighted by Gasteiger charge is 2.07. The molecule has 0 aliphatic carbocycles. The third kappa shape index (κ3) is 3.93. The van der Waals surface area contributed by atoms with E-state index in [1.54, 1.807) is 0 Å². The molecule has 4 aromatic carbocycles. The Labute approximate surface area is 187 Å². The fraction of sp³-hybridized carbons (Fsp3) is 0.0690. The predicted molar refractivity (Wildman–Crippen MR) is 136 cm³/mol. The van der Waals surface area contributed by atoms with Gasteiger partial charge in [-0.25, -0.2) is 4.98 Å². The first-order valence-corrected chi connectivity index (χ1v) is 10.7. The van der Waals surface area contributed by atoms with E-state index in [0.29, 0.717) is 0 Å². The van der Waals surface area contributed by atoms with Gasteiger partial charge in [0, 0.05) is 10.8 Å². The molecular weight excluding hydrogens is 390 g/mol. The lowest BCUT2D eigenvalue weighted by Gasteiger charge is -2.07. The molecule has 0 amide bonds. The van der Waals surface area contributed by atoms with E-state index in [0.717, 1.165) is 45.0 Å². The molecule has 154 valence electrons. The Hall–Kier alpha value is -4.11. The largest absolute Gasteiger partial charge is 0.251 e. The summed E-state index contributed by atoms with van der Waals surface area (Å²) in [4.78, 5) is 14.7. The van der Waals surface area contributed by atoms with Crippen LogP contribution in [-0.4, -0.2) is 16.4 Å². The van der Waals surface area contributed by atoms with E-state index in [-0.39, 0.29) is 0 Å². The molecule has 0 saturated carbocycles. The minimum absolute atomic E-state index is 0.850. The Balaban J connectivity index is 1.51. The Morgan fingerprint density at radius 1 is 0.500 bits per heavy atom. The maximum atomic E-state index is 4.90. The van der Waals surface area contributed by atoms with Crippen molar-refractivity contribution in [1.29, 1.82) is 0 Å². The lowest BCUT2D eigenvalue weighted by molar-refractivity contribution is 1.24. The maximum Gasteiger partial charge on any atom is 0.0849 e. The van der Waals surface area contributed by atoms with Crippen molar-refractivity contribution >= 4 is 44.3 Å². The van der Waals surface area contributed by atoms with Gasteiger partial charge in [0.1, 0.15) is 0 Å². The van der Waals surface area contributed by atoms with Gasteiger partial charge in [0.15, 0.2) is 0 Å². The molecule has 1 aromatic heterocycles. The van der Waals surface area contributed by atoms with Gasteiger partial charge in [0.2, 0.25) is 0 Å². The van der Waals surface area contributed by atoms with E-state index in [9.17, 15) is 0 Å². The van der Waals surface area contributed by atoms with Crippen LogP contribution in [0.15, 0.2) is 113 Å². The second-order valence-electron chi connectivity index (χ2n) is 7.80. The summed E-state index contributed by atoms with van der Waals surface area (Å²) in [6.45, 7) is 4.01. The normalized spacial score (nSPS) is 12.4. The zero-order valence-electron chi connectivity index (χ0n) is 18.2. The molecule has 3 nitrogen and oxygen atoms in total. The van der Waals surface area contributed by atoms with Crippen LogP contribution in [0.25, 0.3) is 21.5 Å². The van der Waals surface area contributed by atoms with Crippen LogP contribution in [-0.2, 0) is 0 Å². The number of nitrogens with zero attached hydrogens (tertiary/aromatic N) is 3. The summed E-state index contributed by atoms with van der Waals surface area (Å²) < 4.78 is 0. The number of aromatic nitrogens is 1. The van der Waals surface area contributed by atoms with Gasteiger partial charge in [0.05, 0.1) is 34.2 Å². The molecule has 0 saturated heterocycles. The number of benzene rings is 4. The van der Waals surface area contributed by atoms with E-state index < -0.39 is 0 Å². The molecule has 1 heterocycles. The van der Waals surface area contributed by atoms with Crippen LogP contribution in [0.1, 0.15) is 25.2 Å². The molecule has 5 aromatic rings. The van der Waals surface area contributed by atoms with Crippen molar-refractivity contribution in [2.75, 3.05) is 0 Å². The van der Waals surface area contributed by atoms with E-state index in [4.69, 9.17) is 15.0 Å². The van der Waals surface area contributed by atoms with E-state index in [2.05, 4.69) is 36.4 Å². The highest BCUT2D eigenvalue weighted by atomic mass is 14.8. The van der Waals surface area contributed by atoms with Crippen LogP contribution in [0.4, 0.5) is 11.4 Å². The molecule has 0 fully saturated rings. The first kappa shape index (κ1) is 19.8. The highest BCUT2D eigenvalue weighted by molar-refractivity contribution is 6.05.